The Morgan fingerprint density at radius 1 is 1.25 bits per heavy atom. The normalized spacial score (nSPS) is 20.2. The Hall–Kier alpha value is 0.270. The highest BCUT2D eigenvalue weighted by Gasteiger charge is 2.32. The summed E-state index contributed by atoms with van der Waals surface area (Å²) >= 11 is 2.04. The van der Waals surface area contributed by atoms with Crippen LogP contribution in [0.15, 0.2) is 0 Å². The van der Waals surface area contributed by atoms with Crippen LogP contribution in [0.5, 0.6) is 0 Å². The van der Waals surface area contributed by atoms with Crippen LogP contribution in [0, 0.1) is 0 Å². The van der Waals surface area contributed by atoms with Crippen molar-refractivity contribution in [2.75, 3.05) is 26.0 Å². The van der Waals surface area contributed by atoms with E-state index in [2.05, 4.69) is 32.3 Å². The summed E-state index contributed by atoms with van der Waals surface area (Å²) in [5, 5.41) is 3.55. The van der Waals surface area contributed by atoms with Crippen LogP contribution in [0.3, 0.4) is 0 Å². The van der Waals surface area contributed by atoms with E-state index in [1.807, 2.05) is 11.8 Å². The van der Waals surface area contributed by atoms with Gasteiger partial charge in [-0.05, 0) is 39.9 Å². The first-order valence-corrected chi connectivity index (χ1v) is 7.60. The fourth-order valence-corrected chi connectivity index (χ4v) is 3.16. The lowest BCUT2D eigenvalue weighted by molar-refractivity contribution is -0.000884. The van der Waals surface area contributed by atoms with Gasteiger partial charge in [0.1, 0.15) is 0 Å². The first kappa shape index (κ1) is 14.3. The molecule has 0 radical (unpaired) electrons. The summed E-state index contributed by atoms with van der Waals surface area (Å²) in [6, 6.07) is 0. The number of hydrogen-bond donors (Lipinski definition) is 1. The van der Waals surface area contributed by atoms with Gasteiger partial charge in [-0.3, -0.25) is 0 Å². The average Bonchev–Trinajstić information content (AvgIpc) is 2.65. The molecule has 1 N–H and O–H groups in total. The number of rotatable bonds is 6. The molecule has 0 spiro atoms. The molecule has 2 nitrogen and oxygen atoms in total. The summed E-state index contributed by atoms with van der Waals surface area (Å²) in [6.45, 7) is 9.24. The second kappa shape index (κ2) is 6.27. The fraction of sp³-hybridized carbons (Fsp3) is 1.00. The van der Waals surface area contributed by atoms with Crippen LogP contribution in [0.4, 0.5) is 0 Å². The standard InChI is InChI=1S/C13H27NOS/c1-12(2,3)15-10-9-14-11-13(16-4)7-5-6-8-13/h14H,5-11H2,1-4H3. The Kier molecular flexibility index (Phi) is 5.62. The smallest absolute Gasteiger partial charge is 0.0599 e. The molecular weight excluding hydrogens is 218 g/mol. The van der Waals surface area contributed by atoms with Crippen molar-refractivity contribution in [2.45, 2.75) is 56.8 Å². The van der Waals surface area contributed by atoms with Gasteiger partial charge in [-0.2, -0.15) is 11.8 Å². The number of nitrogens with one attached hydrogen (secondary N) is 1. The molecule has 0 amide bonds. The molecule has 0 aromatic heterocycles. The molecule has 1 saturated carbocycles. The minimum Gasteiger partial charge on any atom is -0.375 e. The molecule has 1 rings (SSSR count). The Bertz CT molecular complexity index is 195. The molecule has 0 bridgehead atoms. The second-order valence-corrected chi connectivity index (χ2v) is 7.01. The van der Waals surface area contributed by atoms with Gasteiger partial charge in [0.25, 0.3) is 0 Å². The molecule has 0 aliphatic heterocycles. The van der Waals surface area contributed by atoms with Crippen molar-refractivity contribution in [2.24, 2.45) is 0 Å². The predicted octanol–water partition coefficient (Wildman–Crippen LogP) is 3.07. The quantitative estimate of drug-likeness (QED) is 0.727. The van der Waals surface area contributed by atoms with Gasteiger partial charge in [-0.25, -0.2) is 0 Å². The van der Waals surface area contributed by atoms with Crippen molar-refractivity contribution in [3.63, 3.8) is 0 Å². The summed E-state index contributed by atoms with van der Waals surface area (Å²) in [4.78, 5) is 0. The summed E-state index contributed by atoms with van der Waals surface area (Å²) in [5.74, 6) is 0. The van der Waals surface area contributed by atoms with Crippen LogP contribution < -0.4 is 5.32 Å². The monoisotopic (exact) mass is 245 g/mol. The van der Waals surface area contributed by atoms with E-state index in [0.717, 1.165) is 19.7 Å². The van der Waals surface area contributed by atoms with E-state index in [0.29, 0.717) is 4.75 Å². The van der Waals surface area contributed by atoms with Gasteiger partial charge in [0, 0.05) is 17.8 Å². The lowest BCUT2D eigenvalue weighted by atomic mass is 10.1. The highest BCUT2D eigenvalue weighted by molar-refractivity contribution is 8.00. The Labute approximate surface area is 105 Å². The predicted molar refractivity (Wildman–Crippen MR) is 73.3 cm³/mol. The zero-order valence-electron chi connectivity index (χ0n) is 11.3. The molecule has 0 heterocycles. The van der Waals surface area contributed by atoms with E-state index in [9.17, 15) is 0 Å². The minimum atomic E-state index is -0.00771. The van der Waals surface area contributed by atoms with E-state index in [1.165, 1.54) is 25.7 Å². The lowest BCUT2D eigenvalue weighted by Crippen LogP contribution is -2.37. The van der Waals surface area contributed by atoms with Crippen LogP contribution in [-0.2, 0) is 4.74 Å². The van der Waals surface area contributed by atoms with E-state index in [-0.39, 0.29) is 5.60 Å². The highest BCUT2D eigenvalue weighted by Crippen LogP contribution is 2.39. The van der Waals surface area contributed by atoms with Gasteiger partial charge >= 0.3 is 0 Å². The molecule has 0 unspecified atom stereocenters. The fourth-order valence-electron chi connectivity index (χ4n) is 2.22. The molecule has 0 saturated heterocycles. The Morgan fingerprint density at radius 3 is 2.38 bits per heavy atom. The number of ether oxygens (including phenoxy) is 1. The van der Waals surface area contributed by atoms with Crippen LogP contribution in [0.1, 0.15) is 46.5 Å². The van der Waals surface area contributed by atoms with Gasteiger partial charge in [-0.1, -0.05) is 12.8 Å². The number of thioether (sulfide) groups is 1. The largest absolute Gasteiger partial charge is 0.375 e. The maximum atomic E-state index is 5.69. The molecule has 0 atom stereocenters. The van der Waals surface area contributed by atoms with Crippen molar-refractivity contribution >= 4 is 11.8 Å². The van der Waals surface area contributed by atoms with Crippen LogP contribution in [0.25, 0.3) is 0 Å². The third kappa shape index (κ3) is 5.07. The zero-order chi connectivity index (χ0) is 12.1. The molecule has 0 aromatic rings. The summed E-state index contributed by atoms with van der Waals surface area (Å²) in [5.41, 5.74) is -0.00771. The zero-order valence-corrected chi connectivity index (χ0v) is 12.1. The first-order valence-electron chi connectivity index (χ1n) is 6.37. The van der Waals surface area contributed by atoms with Crippen molar-refractivity contribution in [3.8, 4) is 0 Å². The lowest BCUT2D eigenvalue weighted by Gasteiger charge is -2.27. The van der Waals surface area contributed by atoms with Gasteiger partial charge in [0.05, 0.1) is 12.2 Å². The topological polar surface area (TPSA) is 21.3 Å². The van der Waals surface area contributed by atoms with E-state index < -0.39 is 0 Å². The van der Waals surface area contributed by atoms with Crippen molar-refractivity contribution in [3.05, 3.63) is 0 Å². The second-order valence-electron chi connectivity index (χ2n) is 5.73. The Balaban J connectivity index is 2.10. The van der Waals surface area contributed by atoms with Crippen LogP contribution in [-0.4, -0.2) is 36.3 Å². The maximum Gasteiger partial charge on any atom is 0.0599 e. The van der Waals surface area contributed by atoms with Crippen LogP contribution in [0.2, 0.25) is 0 Å². The minimum absolute atomic E-state index is 0.00771. The van der Waals surface area contributed by atoms with Gasteiger partial charge < -0.3 is 10.1 Å². The molecule has 96 valence electrons. The molecule has 1 aliphatic carbocycles. The van der Waals surface area contributed by atoms with E-state index in [4.69, 9.17) is 4.74 Å². The highest BCUT2D eigenvalue weighted by atomic mass is 32.2. The summed E-state index contributed by atoms with van der Waals surface area (Å²) in [6.07, 6.45) is 7.81. The summed E-state index contributed by atoms with van der Waals surface area (Å²) < 4.78 is 6.21. The van der Waals surface area contributed by atoms with E-state index in [1.54, 1.807) is 0 Å². The van der Waals surface area contributed by atoms with E-state index >= 15 is 0 Å². The molecule has 3 heteroatoms. The molecule has 0 aromatic carbocycles. The Morgan fingerprint density at radius 2 is 1.88 bits per heavy atom. The van der Waals surface area contributed by atoms with Gasteiger partial charge in [-0.15, -0.1) is 0 Å². The summed E-state index contributed by atoms with van der Waals surface area (Å²) in [7, 11) is 0. The maximum absolute atomic E-state index is 5.69. The van der Waals surface area contributed by atoms with Gasteiger partial charge in [0.15, 0.2) is 0 Å². The number of hydrogen-bond acceptors (Lipinski definition) is 3. The average molecular weight is 245 g/mol. The first-order chi connectivity index (χ1) is 7.47. The SMILES string of the molecule is CSC1(CNCCOC(C)(C)C)CCCC1. The third-order valence-corrected chi connectivity index (χ3v) is 4.63. The van der Waals surface area contributed by atoms with Crippen molar-refractivity contribution in [1.82, 2.24) is 5.32 Å². The molecular formula is C13H27NOS. The molecule has 1 aliphatic rings. The molecule has 1 fully saturated rings. The van der Waals surface area contributed by atoms with Crippen molar-refractivity contribution < 1.29 is 4.74 Å². The van der Waals surface area contributed by atoms with Gasteiger partial charge in [0.2, 0.25) is 0 Å². The molecule has 16 heavy (non-hydrogen) atoms. The van der Waals surface area contributed by atoms with Crippen LogP contribution >= 0.6 is 11.8 Å². The van der Waals surface area contributed by atoms with Crippen molar-refractivity contribution in [1.29, 1.82) is 0 Å². The third-order valence-electron chi connectivity index (χ3n) is 3.21.